The summed E-state index contributed by atoms with van der Waals surface area (Å²) < 4.78 is 44.0. The van der Waals surface area contributed by atoms with Gasteiger partial charge in [0.2, 0.25) is 17.2 Å². The second-order valence-electron chi connectivity index (χ2n) is 9.43. The summed E-state index contributed by atoms with van der Waals surface area (Å²) in [5, 5.41) is -0.256. The smallest absolute Gasteiger partial charge is 0.433 e. The molecule has 10 heteroatoms. The Morgan fingerprint density at radius 2 is 1.92 bits per heavy atom. The third kappa shape index (κ3) is 6.15. The van der Waals surface area contributed by atoms with Crippen LogP contribution in [0.2, 0.25) is 0 Å². The third-order valence-corrected chi connectivity index (χ3v) is 6.65. The Kier molecular flexibility index (Phi) is 8.51. The number of pyridine rings is 1. The largest absolute Gasteiger partial charge is 0.443 e. The van der Waals surface area contributed by atoms with Gasteiger partial charge >= 0.3 is 12.1 Å². The highest BCUT2D eigenvalue weighted by molar-refractivity contribution is 6.49. The van der Waals surface area contributed by atoms with E-state index in [-0.39, 0.29) is 22.7 Å². The maximum atomic E-state index is 13.4. The number of hydrogen-bond donors (Lipinski definition) is 0. The molecule has 3 rings (SSSR count). The predicted octanol–water partition coefficient (Wildman–Crippen LogP) is 6.20. The molecule has 0 aromatic carbocycles. The van der Waals surface area contributed by atoms with Crippen LogP contribution in [-0.2, 0) is 31.8 Å². The lowest BCUT2D eigenvalue weighted by Gasteiger charge is -2.35. The average Bonchev–Trinajstić information content (AvgIpc) is 2.84. The standard InChI is InChI=1S/C28H28ClF3N2O4/c1-6-16(2)11-17(3)7-9-20-12-21-22(25(36)27(5,38-18(4)35)26(37)24(21)29)15-34(20)14-19-8-10-23(33-13-19)28(30,31)32/h7-13,15-16H,6,14H2,1-5H3/b9-7+,17-11+/t16-,27+/m0/s1. The minimum Gasteiger partial charge on any atom is -0.443 e. The quantitative estimate of drug-likeness (QED) is 0.229. The molecule has 0 radical (unpaired) electrons. The Labute approximate surface area is 224 Å². The zero-order chi connectivity index (χ0) is 28.4. The maximum absolute atomic E-state index is 13.4. The summed E-state index contributed by atoms with van der Waals surface area (Å²) in [6, 6.07) is 2.19. The fourth-order valence-corrected chi connectivity index (χ4v) is 4.38. The number of halogens is 4. The molecule has 6 nitrogen and oxygen atoms in total. The number of rotatable bonds is 7. The molecule has 0 saturated heterocycles. The van der Waals surface area contributed by atoms with Gasteiger partial charge in [0.05, 0.1) is 5.03 Å². The minimum absolute atomic E-state index is 0.0437. The molecule has 0 bridgehead atoms. The Hall–Kier alpha value is -3.46. The molecule has 2 atom stereocenters. The lowest BCUT2D eigenvalue weighted by atomic mass is 9.79. The highest BCUT2D eigenvalue weighted by Gasteiger charge is 2.52. The van der Waals surface area contributed by atoms with Gasteiger partial charge in [-0.05, 0) is 43.5 Å². The first kappa shape index (κ1) is 29.1. The number of aromatic nitrogens is 1. The van der Waals surface area contributed by atoms with Crippen LogP contribution in [0, 0.1) is 5.92 Å². The zero-order valence-electron chi connectivity index (χ0n) is 21.6. The molecule has 38 heavy (non-hydrogen) atoms. The topological polar surface area (TPSA) is 76.6 Å². The van der Waals surface area contributed by atoms with E-state index in [2.05, 4.69) is 24.9 Å². The number of fused-ring (bicyclic) bond motifs is 1. The van der Waals surface area contributed by atoms with Crippen LogP contribution in [-0.4, -0.2) is 33.0 Å². The summed E-state index contributed by atoms with van der Waals surface area (Å²) in [7, 11) is 0. The first-order chi connectivity index (χ1) is 17.7. The second kappa shape index (κ2) is 11.1. The van der Waals surface area contributed by atoms with Crippen molar-refractivity contribution in [2.24, 2.45) is 5.92 Å². The van der Waals surface area contributed by atoms with Crippen molar-refractivity contribution in [3.63, 3.8) is 0 Å². The van der Waals surface area contributed by atoms with Gasteiger partial charge in [-0.2, -0.15) is 13.2 Å². The van der Waals surface area contributed by atoms with Crippen LogP contribution in [0.15, 0.2) is 76.3 Å². The molecule has 0 unspecified atom stereocenters. The highest BCUT2D eigenvalue weighted by atomic mass is 35.5. The molecule has 1 aliphatic carbocycles. The van der Waals surface area contributed by atoms with Gasteiger partial charge in [0, 0.05) is 42.7 Å². The van der Waals surface area contributed by atoms with Gasteiger partial charge in [-0.3, -0.25) is 19.4 Å². The number of nitrogens with zero attached hydrogens (tertiary/aromatic N) is 2. The van der Waals surface area contributed by atoms with Crippen molar-refractivity contribution in [2.75, 3.05) is 0 Å². The SMILES string of the molecule is CC[C@H](C)/C=C(C)/C=C/C1=CC2=C(Cl)C(=O)[C@](C)(OC(C)=O)C(=O)C2=CN1Cc1ccc(C(F)(F)F)nc1. The van der Waals surface area contributed by atoms with Gasteiger partial charge in [-0.1, -0.05) is 55.7 Å². The summed E-state index contributed by atoms with van der Waals surface area (Å²) in [6.07, 6.45) is 6.24. The number of carbonyl (C=O) groups excluding carboxylic acids is 3. The summed E-state index contributed by atoms with van der Waals surface area (Å²) in [4.78, 5) is 43.2. The molecule has 0 fully saturated rings. The number of carbonyl (C=O) groups is 3. The fraction of sp³-hybridized carbons (Fsp3) is 0.357. The van der Waals surface area contributed by atoms with Gasteiger partial charge in [-0.15, -0.1) is 0 Å². The summed E-state index contributed by atoms with van der Waals surface area (Å²) in [6.45, 7) is 8.42. The van der Waals surface area contributed by atoms with E-state index in [0.29, 0.717) is 17.2 Å². The van der Waals surface area contributed by atoms with Crippen molar-refractivity contribution in [1.29, 1.82) is 0 Å². The van der Waals surface area contributed by atoms with Gasteiger partial charge in [0.25, 0.3) is 0 Å². The zero-order valence-corrected chi connectivity index (χ0v) is 22.4. The number of Topliss-reactive ketones (excluding diaryl/α,β-unsaturated/α-hetero) is 2. The molecule has 2 aliphatic rings. The van der Waals surface area contributed by atoms with Crippen molar-refractivity contribution in [3.05, 3.63) is 87.5 Å². The molecular weight excluding hydrogens is 521 g/mol. The van der Waals surface area contributed by atoms with E-state index in [1.807, 2.05) is 13.0 Å². The van der Waals surface area contributed by atoms with E-state index in [9.17, 15) is 27.6 Å². The first-order valence-electron chi connectivity index (χ1n) is 12.0. The lowest BCUT2D eigenvalue weighted by Crippen LogP contribution is -2.51. The number of allylic oxidation sites excluding steroid dienone is 6. The number of ether oxygens (including phenoxy) is 1. The summed E-state index contributed by atoms with van der Waals surface area (Å²) in [5.74, 6) is -2.06. The minimum atomic E-state index is -4.57. The Morgan fingerprint density at radius 3 is 2.47 bits per heavy atom. The molecule has 1 aromatic heterocycles. The van der Waals surface area contributed by atoms with Crippen LogP contribution in [0.5, 0.6) is 0 Å². The van der Waals surface area contributed by atoms with Crippen LogP contribution in [0.4, 0.5) is 13.2 Å². The van der Waals surface area contributed by atoms with Crippen molar-refractivity contribution in [2.45, 2.75) is 59.4 Å². The van der Waals surface area contributed by atoms with Crippen LogP contribution >= 0.6 is 11.6 Å². The molecular formula is C28H28ClF3N2O4. The summed E-state index contributed by atoms with van der Waals surface area (Å²) >= 11 is 6.39. The normalized spacial score (nSPS) is 21.4. The fourth-order valence-electron chi connectivity index (χ4n) is 4.05. The molecule has 0 N–H and O–H groups in total. The third-order valence-electron chi connectivity index (χ3n) is 6.27. The van der Waals surface area contributed by atoms with Gasteiger partial charge < -0.3 is 9.64 Å². The van der Waals surface area contributed by atoms with E-state index in [1.54, 1.807) is 17.1 Å². The summed E-state index contributed by atoms with van der Waals surface area (Å²) in [5.41, 5.74) is -0.966. The molecule has 202 valence electrons. The number of ketones is 2. The molecule has 1 aliphatic heterocycles. The van der Waals surface area contributed by atoms with E-state index in [1.165, 1.54) is 19.2 Å². The van der Waals surface area contributed by atoms with E-state index in [0.717, 1.165) is 31.2 Å². The molecule has 0 spiro atoms. The van der Waals surface area contributed by atoms with E-state index < -0.39 is 35.0 Å². The Bertz CT molecular complexity index is 1310. The van der Waals surface area contributed by atoms with Crippen LogP contribution in [0.3, 0.4) is 0 Å². The average molecular weight is 549 g/mol. The van der Waals surface area contributed by atoms with Crippen molar-refractivity contribution < 1.29 is 32.3 Å². The Balaban J connectivity index is 2.08. The van der Waals surface area contributed by atoms with Crippen LogP contribution < -0.4 is 0 Å². The predicted molar refractivity (Wildman–Crippen MR) is 136 cm³/mol. The number of alkyl halides is 3. The maximum Gasteiger partial charge on any atom is 0.433 e. The van der Waals surface area contributed by atoms with E-state index >= 15 is 0 Å². The second-order valence-corrected chi connectivity index (χ2v) is 9.81. The van der Waals surface area contributed by atoms with E-state index in [4.69, 9.17) is 16.3 Å². The molecule has 2 heterocycles. The molecule has 0 saturated carbocycles. The first-order valence-corrected chi connectivity index (χ1v) is 12.3. The van der Waals surface area contributed by atoms with Crippen LogP contribution in [0.25, 0.3) is 0 Å². The molecule has 1 aromatic rings. The number of esters is 1. The number of hydrogen-bond acceptors (Lipinski definition) is 6. The molecule has 0 amide bonds. The van der Waals surface area contributed by atoms with Crippen molar-refractivity contribution in [3.8, 4) is 0 Å². The van der Waals surface area contributed by atoms with Gasteiger partial charge in [-0.25, -0.2) is 0 Å². The van der Waals surface area contributed by atoms with Crippen molar-refractivity contribution in [1.82, 2.24) is 9.88 Å². The lowest BCUT2D eigenvalue weighted by molar-refractivity contribution is -0.167. The van der Waals surface area contributed by atoms with Crippen LogP contribution in [0.1, 0.15) is 52.3 Å². The monoisotopic (exact) mass is 548 g/mol. The van der Waals surface area contributed by atoms with Crippen molar-refractivity contribution >= 4 is 29.1 Å². The highest BCUT2D eigenvalue weighted by Crippen LogP contribution is 2.40. The van der Waals surface area contributed by atoms with Gasteiger partial charge in [0.1, 0.15) is 5.69 Å². The van der Waals surface area contributed by atoms with Gasteiger partial charge in [0.15, 0.2) is 0 Å². The Morgan fingerprint density at radius 1 is 1.24 bits per heavy atom.